The maximum atomic E-state index is 13.5. The van der Waals surface area contributed by atoms with Crippen molar-refractivity contribution in [2.75, 3.05) is 7.11 Å². The molecule has 156 valence electrons. The minimum atomic E-state index is -0.327. The minimum Gasteiger partial charge on any atom is -0.378 e. The number of rotatable bonds is 4. The molecule has 0 aliphatic heterocycles. The van der Waals surface area contributed by atoms with Crippen LogP contribution in [0.3, 0.4) is 0 Å². The summed E-state index contributed by atoms with van der Waals surface area (Å²) < 4.78 is 20.5. The second kappa shape index (κ2) is 7.83. The highest BCUT2D eigenvalue weighted by Crippen LogP contribution is 2.35. The number of benzene rings is 2. The van der Waals surface area contributed by atoms with Crippen molar-refractivity contribution in [2.45, 2.75) is 25.4 Å². The molecule has 0 radical (unpaired) electrons. The maximum Gasteiger partial charge on any atom is 0.185 e. The van der Waals surface area contributed by atoms with Gasteiger partial charge in [-0.1, -0.05) is 35.9 Å². The van der Waals surface area contributed by atoms with E-state index >= 15 is 0 Å². The highest BCUT2D eigenvalue weighted by atomic mass is 35.5. The average Bonchev–Trinajstić information content (AvgIpc) is 3.13. The lowest BCUT2D eigenvalue weighted by Crippen LogP contribution is -2.24. The predicted octanol–water partition coefficient (Wildman–Crippen LogP) is 4.64. The second-order valence-electron chi connectivity index (χ2n) is 7.58. The van der Waals surface area contributed by atoms with Crippen LogP contribution in [0.5, 0.6) is 0 Å². The first kappa shape index (κ1) is 19.8. The summed E-state index contributed by atoms with van der Waals surface area (Å²) in [5.74, 6) is -0.435. The quantitative estimate of drug-likeness (QED) is 0.466. The lowest BCUT2D eigenvalue weighted by molar-refractivity contribution is 0.0955. The lowest BCUT2D eigenvalue weighted by atomic mass is 9.83. The molecule has 1 atom stereocenters. The molecule has 2 aromatic carbocycles. The molecule has 0 bridgehead atoms. The fourth-order valence-electron chi connectivity index (χ4n) is 4.16. The molecule has 2 aromatic heterocycles. The van der Waals surface area contributed by atoms with Gasteiger partial charge in [-0.25, -0.2) is 8.91 Å². The number of methoxy groups -OCH3 is 1. The van der Waals surface area contributed by atoms with Gasteiger partial charge in [-0.05, 0) is 47.7 Å². The van der Waals surface area contributed by atoms with E-state index in [4.69, 9.17) is 21.4 Å². The highest BCUT2D eigenvalue weighted by molar-refractivity contribution is 6.30. The molecule has 5 rings (SSSR count). The van der Waals surface area contributed by atoms with Gasteiger partial charge in [0.05, 0.1) is 23.6 Å². The molecule has 1 aliphatic carbocycles. The molecule has 0 amide bonds. The fraction of sp³-hybridized carbons (Fsp3) is 0.217. The number of carbonyl (C=O) groups excluding carboxylic acids is 1. The zero-order chi connectivity index (χ0) is 21.5. The molecular formula is C23H18ClFN4O2. The van der Waals surface area contributed by atoms with E-state index in [0.29, 0.717) is 40.6 Å². The van der Waals surface area contributed by atoms with E-state index in [9.17, 15) is 9.18 Å². The van der Waals surface area contributed by atoms with E-state index in [2.05, 4.69) is 10.2 Å². The molecule has 0 saturated heterocycles. The smallest absolute Gasteiger partial charge is 0.185 e. The van der Waals surface area contributed by atoms with Crippen molar-refractivity contribution in [2.24, 2.45) is 0 Å². The van der Waals surface area contributed by atoms with Crippen LogP contribution < -0.4 is 0 Å². The molecule has 6 nitrogen and oxygen atoms in total. The number of hydrogen-bond donors (Lipinski definition) is 0. The molecule has 0 spiro atoms. The summed E-state index contributed by atoms with van der Waals surface area (Å²) >= 11 is 6.17. The third-order valence-electron chi connectivity index (χ3n) is 5.58. The normalized spacial score (nSPS) is 16.0. The Kier molecular flexibility index (Phi) is 5.00. The number of carbonyl (C=O) groups is 1. The number of aromatic nitrogens is 4. The monoisotopic (exact) mass is 436 g/mol. The van der Waals surface area contributed by atoms with Crippen molar-refractivity contribution >= 4 is 23.0 Å². The zero-order valence-electron chi connectivity index (χ0n) is 16.7. The SMILES string of the molecule is COCc1nn2c3c(nnc2c1-c1ccc(F)cc1)C(=O)C[C@@H](c1cccc(Cl)c1)C3. The summed E-state index contributed by atoms with van der Waals surface area (Å²) in [6, 6.07) is 13.7. The number of Topliss-reactive ketones (excluding diaryl/α,β-unsaturated/α-hetero) is 1. The van der Waals surface area contributed by atoms with Crippen LogP contribution in [-0.2, 0) is 17.8 Å². The van der Waals surface area contributed by atoms with Crippen molar-refractivity contribution in [3.8, 4) is 11.1 Å². The van der Waals surface area contributed by atoms with Crippen LogP contribution in [0.2, 0.25) is 5.02 Å². The zero-order valence-corrected chi connectivity index (χ0v) is 17.4. The van der Waals surface area contributed by atoms with Gasteiger partial charge in [0.2, 0.25) is 0 Å². The van der Waals surface area contributed by atoms with Crippen LogP contribution in [0.4, 0.5) is 4.39 Å². The van der Waals surface area contributed by atoms with E-state index in [1.165, 1.54) is 12.1 Å². The highest BCUT2D eigenvalue weighted by Gasteiger charge is 2.32. The van der Waals surface area contributed by atoms with Crippen molar-refractivity contribution in [3.05, 3.63) is 82.0 Å². The van der Waals surface area contributed by atoms with Crippen LogP contribution in [-0.4, -0.2) is 32.7 Å². The third-order valence-corrected chi connectivity index (χ3v) is 5.81. The summed E-state index contributed by atoms with van der Waals surface area (Å²) in [5.41, 5.74) is 4.67. The minimum absolute atomic E-state index is 0.0320. The van der Waals surface area contributed by atoms with Crippen LogP contribution >= 0.6 is 11.6 Å². The number of fused-ring (bicyclic) bond motifs is 3. The van der Waals surface area contributed by atoms with Crippen molar-refractivity contribution in [1.82, 2.24) is 19.8 Å². The Hall–Kier alpha value is -3.16. The van der Waals surface area contributed by atoms with Gasteiger partial charge in [0.1, 0.15) is 5.82 Å². The van der Waals surface area contributed by atoms with Gasteiger partial charge in [-0.3, -0.25) is 4.79 Å². The maximum absolute atomic E-state index is 13.5. The summed E-state index contributed by atoms with van der Waals surface area (Å²) in [7, 11) is 1.58. The Labute approximate surface area is 182 Å². The number of hydrogen-bond acceptors (Lipinski definition) is 5. The van der Waals surface area contributed by atoms with Gasteiger partial charge in [0, 0.05) is 18.6 Å². The Morgan fingerprint density at radius 3 is 2.71 bits per heavy atom. The largest absolute Gasteiger partial charge is 0.378 e. The van der Waals surface area contributed by atoms with Crippen LogP contribution in [0, 0.1) is 5.82 Å². The standard InChI is InChI=1S/C23H18ClFN4O2/c1-31-12-18-21(13-5-7-17(25)8-6-13)23-27-26-22-19(29(23)28-18)10-15(11-20(22)30)14-3-2-4-16(24)9-14/h2-9,15H,10-12H2,1H3/t15-/m0/s1. The Morgan fingerprint density at radius 1 is 1.16 bits per heavy atom. The topological polar surface area (TPSA) is 69.4 Å². The van der Waals surface area contributed by atoms with E-state index in [1.54, 1.807) is 23.8 Å². The van der Waals surface area contributed by atoms with Crippen LogP contribution in [0.25, 0.3) is 16.8 Å². The van der Waals surface area contributed by atoms with Gasteiger partial charge < -0.3 is 4.74 Å². The second-order valence-corrected chi connectivity index (χ2v) is 8.01. The number of ether oxygens (including phenoxy) is 1. The first-order valence-corrected chi connectivity index (χ1v) is 10.2. The Bertz CT molecular complexity index is 1300. The van der Waals surface area contributed by atoms with E-state index in [0.717, 1.165) is 16.7 Å². The van der Waals surface area contributed by atoms with Gasteiger partial charge in [0.15, 0.2) is 17.1 Å². The van der Waals surface area contributed by atoms with Crippen LogP contribution in [0.15, 0.2) is 48.5 Å². The van der Waals surface area contributed by atoms with Gasteiger partial charge in [-0.2, -0.15) is 5.10 Å². The van der Waals surface area contributed by atoms with Crippen molar-refractivity contribution < 1.29 is 13.9 Å². The molecular weight excluding hydrogens is 419 g/mol. The third kappa shape index (κ3) is 3.49. The molecule has 2 heterocycles. The van der Waals surface area contributed by atoms with E-state index < -0.39 is 0 Å². The van der Waals surface area contributed by atoms with E-state index in [-0.39, 0.29) is 24.1 Å². The summed E-state index contributed by atoms with van der Waals surface area (Å²) in [5, 5.41) is 13.9. The Morgan fingerprint density at radius 2 is 1.97 bits per heavy atom. The first-order chi connectivity index (χ1) is 15.0. The molecule has 0 unspecified atom stereocenters. The lowest BCUT2D eigenvalue weighted by Gasteiger charge is -2.23. The molecule has 31 heavy (non-hydrogen) atoms. The molecule has 0 fully saturated rings. The summed E-state index contributed by atoms with van der Waals surface area (Å²) in [4.78, 5) is 12.9. The van der Waals surface area contributed by atoms with Crippen molar-refractivity contribution in [3.63, 3.8) is 0 Å². The molecule has 0 N–H and O–H groups in total. The molecule has 4 aromatic rings. The summed E-state index contributed by atoms with van der Waals surface area (Å²) in [6.07, 6.45) is 0.912. The van der Waals surface area contributed by atoms with Gasteiger partial charge >= 0.3 is 0 Å². The Balaban J connectivity index is 1.68. The number of nitrogens with zero attached hydrogens (tertiary/aromatic N) is 4. The number of halogens is 2. The average molecular weight is 437 g/mol. The van der Waals surface area contributed by atoms with Gasteiger partial charge in [0.25, 0.3) is 0 Å². The van der Waals surface area contributed by atoms with Crippen molar-refractivity contribution in [1.29, 1.82) is 0 Å². The predicted molar refractivity (Wildman–Crippen MR) is 114 cm³/mol. The molecule has 8 heteroatoms. The molecule has 0 saturated carbocycles. The van der Waals surface area contributed by atoms with Gasteiger partial charge in [-0.15, -0.1) is 10.2 Å². The van der Waals surface area contributed by atoms with E-state index in [1.807, 2.05) is 24.3 Å². The number of ketones is 1. The fourth-order valence-corrected chi connectivity index (χ4v) is 4.36. The van der Waals surface area contributed by atoms with Crippen LogP contribution in [0.1, 0.15) is 39.8 Å². The summed E-state index contributed by atoms with van der Waals surface area (Å²) in [6.45, 7) is 0.247. The molecule has 1 aliphatic rings. The first-order valence-electron chi connectivity index (χ1n) is 9.86.